The number of anilines is 2. The average Bonchev–Trinajstić information content (AvgIpc) is 2.66. The van der Waals surface area contributed by atoms with Gasteiger partial charge in [-0.05, 0) is 18.2 Å². The summed E-state index contributed by atoms with van der Waals surface area (Å²) >= 11 is 6.09. The zero-order chi connectivity index (χ0) is 20.0. The second kappa shape index (κ2) is 8.92. The van der Waals surface area contributed by atoms with Crippen LogP contribution in [-0.2, 0) is 9.59 Å². The van der Waals surface area contributed by atoms with E-state index in [0.29, 0.717) is 33.5 Å². The highest BCUT2D eigenvalue weighted by atomic mass is 35.5. The summed E-state index contributed by atoms with van der Waals surface area (Å²) in [6, 6.07) is 11.5. The number of hydrogen-bond donors (Lipinski definition) is 1. The van der Waals surface area contributed by atoms with Crippen molar-refractivity contribution >= 4 is 34.8 Å². The molecule has 0 aliphatic carbocycles. The number of amides is 2. The van der Waals surface area contributed by atoms with Crippen LogP contribution in [0.3, 0.4) is 0 Å². The molecule has 0 aromatic heterocycles. The molecule has 0 aliphatic heterocycles. The van der Waals surface area contributed by atoms with Gasteiger partial charge in [-0.15, -0.1) is 0 Å². The lowest BCUT2D eigenvalue weighted by Crippen LogP contribution is -2.37. The fraction of sp³-hybridized carbons (Fsp3) is 0.211. The Bertz CT molecular complexity index is 908. The first kappa shape index (κ1) is 20.1. The summed E-state index contributed by atoms with van der Waals surface area (Å²) < 4.78 is 10.5. The van der Waals surface area contributed by atoms with Crippen molar-refractivity contribution in [1.29, 1.82) is 5.26 Å². The highest BCUT2D eigenvalue weighted by Gasteiger charge is 2.22. The van der Waals surface area contributed by atoms with Gasteiger partial charge < -0.3 is 14.8 Å². The molecule has 2 amide bonds. The van der Waals surface area contributed by atoms with Crippen LogP contribution in [0.5, 0.6) is 11.5 Å². The molecule has 8 heteroatoms. The minimum Gasteiger partial charge on any atom is -0.495 e. The van der Waals surface area contributed by atoms with Gasteiger partial charge in [0.15, 0.2) is 0 Å². The molecule has 0 bridgehead atoms. The van der Waals surface area contributed by atoms with E-state index in [1.165, 1.54) is 38.2 Å². The number of hydrogen-bond acceptors (Lipinski definition) is 5. The van der Waals surface area contributed by atoms with Crippen molar-refractivity contribution in [2.75, 3.05) is 31.0 Å². The quantitative estimate of drug-likeness (QED) is 0.821. The summed E-state index contributed by atoms with van der Waals surface area (Å²) in [5, 5.41) is 11.9. The van der Waals surface area contributed by atoms with E-state index in [0.717, 1.165) is 0 Å². The number of halogens is 1. The number of ether oxygens (including phenoxy) is 2. The van der Waals surface area contributed by atoms with Gasteiger partial charge >= 0.3 is 0 Å². The number of benzene rings is 2. The normalized spacial score (nSPS) is 9.89. The lowest BCUT2D eigenvalue weighted by molar-refractivity contribution is -0.120. The number of nitriles is 1. The summed E-state index contributed by atoms with van der Waals surface area (Å²) in [7, 11) is 2.89. The Balaban J connectivity index is 2.29. The second-order valence-corrected chi connectivity index (χ2v) is 5.91. The largest absolute Gasteiger partial charge is 0.495 e. The van der Waals surface area contributed by atoms with Crippen LogP contribution >= 0.6 is 11.6 Å². The van der Waals surface area contributed by atoms with Crippen LogP contribution in [0.25, 0.3) is 0 Å². The molecule has 0 aliphatic rings. The molecule has 0 fully saturated rings. The fourth-order valence-corrected chi connectivity index (χ4v) is 2.66. The monoisotopic (exact) mass is 387 g/mol. The molecule has 7 nitrogen and oxygen atoms in total. The lowest BCUT2D eigenvalue weighted by atomic mass is 10.2. The van der Waals surface area contributed by atoms with Crippen LogP contribution in [0.4, 0.5) is 11.4 Å². The molecule has 0 heterocycles. The highest BCUT2D eigenvalue weighted by Crippen LogP contribution is 2.38. The maximum atomic E-state index is 12.4. The minimum atomic E-state index is -0.434. The van der Waals surface area contributed by atoms with Gasteiger partial charge in [0, 0.05) is 24.7 Å². The molecule has 0 spiro atoms. The lowest BCUT2D eigenvalue weighted by Gasteiger charge is -2.23. The van der Waals surface area contributed by atoms with Crippen LogP contribution in [0.2, 0.25) is 5.02 Å². The van der Waals surface area contributed by atoms with E-state index in [4.69, 9.17) is 26.3 Å². The van der Waals surface area contributed by atoms with Gasteiger partial charge in [0.05, 0.1) is 36.6 Å². The van der Waals surface area contributed by atoms with Crippen LogP contribution in [0, 0.1) is 11.3 Å². The summed E-state index contributed by atoms with van der Waals surface area (Å²) in [6.07, 6.45) is 0. The number of carbonyl (C=O) groups excluding carboxylic acids is 2. The van der Waals surface area contributed by atoms with Crippen LogP contribution in [-0.4, -0.2) is 32.6 Å². The van der Waals surface area contributed by atoms with Gasteiger partial charge in [-0.1, -0.05) is 17.7 Å². The molecule has 0 radical (unpaired) electrons. The third-order valence-corrected chi connectivity index (χ3v) is 4.00. The first-order chi connectivity index (χ1) is 12.9. The molecular formula is C19H18ClN3O4. The van der Waals surface area contributed by atoms with E-state index in [9.17, 15) is 9.59 Å². The molecule has 0 saturated carbocycles. The smallest absolute Gasteiger partial charge is 0.244 e. The number of methoxy groups -OCH3 is 2. The van der Waals surface area contributed by atoms with E-state index in [1.807, 2.05) is 6.07 Å². The predicted molar refractivity (Wildman–Crippen MR) is 102 cm³/mol. The first-order valence-corrected chi connectivity index (χ1v) is 8.27. The van der Waals surface area contributed by atoms with Crippen molar-refractivity contribution in [3.63, 3.8) is 0 Å². The van der Waals surface area contributed by atoms with Gasteiger partial charge in [0.1, 0.15) is 18.0 Å². The Morgan fingerprint density at radius 2 is 1.89 bits per heavy atom. The van der Waals surface area contributed by atoms with E-state index in [-0.39, 0.29) is 12.5 Å². The summed E-state index contributed by atoms with van der Waals surface area (Å²) in [6.45, 7) is 1.08. The maximum absolute atomic E-state index is 12.4. The molecule has 0 saturated heterocycles. The molecule has 2 rings (SSSR count). The van der Waals surface area contributed by atoms with E-state index >= 15 is 0 Å². The minimum absolute atomic E-state index is 0.257. The Kier molecular flexibility index (Phi) is 6.63. The van der Waals surface area contributed by atoms with Crippen molar-refractivity contribution in [1.82, 2.24) is 0 Å². The highest BCUT2D eigenvalue weighted by molar-refractivity contribution is 6.32. The predicted octanol–water partition coefficient (Wildman–Crippen LogP) is 3.22. The van der Waals surface area contributed by atoms with Gasteiger partial charge in [-0.25, -0.2) is 0 Å². The number of carbonyl (C=O) groups is 2. The average molecular weight is 388 g/mol. The second-order valence-electron chi connectivity index (χ2n) is 5.50. The van der Waals surface area contributed by atoms with Crippen molar-refractivity contribution < 1.29 is 19.1 Å². The standard InChI is InChI=1S/C19H18ClN3O4/c1-12(24)23(16-9-17(26-2)15(20)8-18(16)27-3)11-19(25)22-14-6-4-5-13(7-14)10-21/h4-9H,11H2,1-3H3,(H,22,25). The summed E-state index contributed by atoms with van der Waals surface area (Å²) in [5.74, 6) is -0.119. The third-order valence-electron chi connectivity index (χ3n) is 3.70. The van der Waals surface area contributed by atoms with Crippen LogP contribution < -0.4 is 19.7 Å². The molecule has 0 atom stereocenters. The number of nitrogens with zero attached hydrogens (tertiary/aromatic N) is 2. The van der Waals surface area contributed by atoms with Crippen molar-refractivity contribution in [2.45, 2.75) is 6.92 Å². The molecule has 1 N–H and O–H groups in total. The molecule has 0 unspecified atom stereocenters. The van der Waals surface area contributed by atoms with Crippen molar-refractivity contribution in [3.05, 3.63) is 47.0 Å². The zero-order valence-corrected chi connectivity index (χ0v) is 15.8. The molecule has 2 aromatic carbocycles. The van der Waals surface area contributed by atoms with Crippen LogP contribution in [0.15, 0.2) is 36.4 Å². The number of nitrogens with one attached hydrogen (secondary N) is 1. The summed E-state index contributed by atoms with van der Waals surface area (Å²) in [4.78, 5) is 25.8. The van der Waals surface area contributed by atoms with E-state index < -0.39 is 5.91 Å². The zero-order valence-electron chi connectivity index (χ0n) is 15.1. The Morgan fingerprint density at radius 1 is 1.19 bits per heavy atom. The Morgan fingerprint density at radius 3 is 2.48 bits per heavy atom. The van der Waals surface area contributed by atoms with Gasteiger partial charge in [-0.3, -0.25) is 14.5 Å². The van der Waals surface area contributed by atoms with Gasteiger partial charge in [-0.2, -0.15) is 5.26 Å². The molecule has 2 aromatic rings. The van der Waals surface area contributed by atoms with Gasteiger partial charge in [0.2, 0.25) is 11.8 Å². The topological polar surface area (TPSA) is 91.7 Å². The number of rotatable bonds is 6. The van der Waals surface area contributed by atoms with Crippen molar-refractivity contribution in [3.8, 4) is 17.6 Å². The van der Waals surface area contributed by atoms with Gasteiger partial charge in [0.25, 0.3) is 0 Å². The SMILES string of the molecule is COc1cc(N(CC(=O)Nc2cccc(C#N)c2)C(C)=O)c(OC)cc1Cl. The molecule has 27 heavy (non-hydrogen) atoms. The first-order valence-electron chi connectivity index (χ1n) is 7.89. The molecule has 140 valence electrons. The van der Waals surface area contributed by atoms with Crippen molar-refractivity contribution in [2.24, 2.45) is 0 Å². The maximum Gasteiger partial charge on any atom is 0.244 e. The fourth-order valence-electron chi connectivity index (χ4n) is 2.43. The Hall–Kier alpha value is -3.24. The van der Waals surface area contributed by atoms with E-state index in [2.05, 4.69) is 5.32 Å². The third kappa shape index (κ3) is 4.90. The molecular weight excluding hydrogens is 370 g/mol. The summed E-state index contributed by atoms with van der Waals surface area (Å²) in [5.41, 5.74) is 1.23. The Labute approximate surface area is 162 Å². The van der Waals surface area contributed by atoms with Crippen LogP contribution in [0.1, 0.15) is 12.5 Å². The van der Waals surface area contributed by atoms with E-state index in [1.54, 1.807) is 24.3 Å².